The van der Waals surface area contributed by atoms with E-state index in [0.717, 1.165) is 9.79 Å². The van der Waals surface area contributed by atoms with Crippen LogP contribution in [0.5, 0.6) is 5.75 Å². The molecule has 1 fully saturated rings. The maximum atomic E-state index is 13.2. The van der Waals surface area contributed by atoms with E-state index in [4.69, 9.17) is 9.94 Å². The molecule has 10 nitrogen and oxygen atoms in total. The summed E-state index contributed by atoms with van der Waals surface area (Å²) in [5.41, 5.74) is -0.0134. The molecule has 2 aromatic rings. The largest absolute Gasteiger partial charge is 0.586 e. The van der Waals surface area contributed by atoms with E-state index >= 15 is 0 Å². The quantitative estimate of drug-likeness (QED) is 0.356. The number of para-hydroxylation sites is 1. The summed E-state index contributed by atoms with van der Waals surface area (Å²) in [5, 5.41) is 11.9. The van der Waals surface area contributed by atoms with E-state index in [-0.39, 0.29) is 32.0 Å². The number of ether oxygens (including phenoxy) is 1. The normalized spacial score (nSPS) is 16.6. The number of sulfonamides is 1. The molecule has 0 spiro atoms. The molecule has 3 rings (SSSR count). The number of aromatic nitrogens is 3. The first-order chi connectivity index (χ1) is 13.6. The van der Waals surface area contributed by atoms with Crippen molar-refractivity contribution in [3.8, 4) is 5.75 Å². The fraction of sp³-hybridized carbons (Fsp3) is 0.400. The summed E-state index contributed by atoms with van der Waals surface area (Å²) in [4.78, 5) is 11.6. The molecular weight excluding hydrogens is 419 g/mol. The zero-order valence-electron chi connectivity index (χ0n) is 14.8. The number of alkyl halides is 3. The molecule has 1 amide bonds. The molecule has 158 valence electrons. The first-order valence-corrected chi connectivity index (χ1v) is 9.82. The van der Waals surface area contributed by atoms with Crippen LogP contribution in [-0.4, -0.2) is 53.3 Å². The molecule has 29 heavy (non-hydrogen) atoms. The number of carbonyl (C=O) groups is 1. The van der Waals surface area contributed by atoms with E-state index in [0.29, 0.717) is 5.75 Å². The van der Waals surface area contributed by atoms with Crippen molar-refractivity contribution in [1.82, 2.24) is 20.1 Å². The van der Waals surface area contributed by atoms with E-state index < -0.39 is 37.6 Å². The number of hydrogen-bond acceptors (Lipinski definition) is 6. The van der Waals surface area contributed by atoms with E-state index in [1.807, 2.05) is 6.07 Å². The molecule has 0 unspecified atom stereocenters. The van der Waals surface area contributed by atoms with Gasteiger partial charge in [0.05, 0.1) is 5.10 Å². The van der Waals surface area contributed by atoms with Gasteiger partial charge in [-0.15, -0.1) is 13.2 Å². The van der Waals surface area contributed by atoms with Crippen LogP contribution in [0.1, 0.15) is 23.3 Å². The van der Waals surface area contributed by atoms with Gasteiger partial charge in [-0.3, -0.25) is 10.0 Å². The van der Waals surface area contributed by atoms with Gasteiger partial charge in [0.1, 0.15) is 11.9 Å². The minimum atomic E-state index is -5.18. The summed E-state index contributed by atoms with van der Waals surface area (Å²) in [7, 11) is -4.76. The number of hydrogen-bond donors (Lipinski definition) is 3. The van der Waals surface area contributed by atoms with Gasteiger partial charge in [0, 0.05) is 13.1 Å². The second kappa shape index (κ2) is 7.96. The molecule has 1 saturated heterocycles. The zero-order chi connectivity index (χ0) is 21.2. The van der Waals surface area contributed by atoms with Crippen molar-refractivity contribution >= 4 is 15.9 Å². The lowest BCUT2D eigenvalue weighted by Crippen LogP contribution is -2.55. The monoisotopic (exact) mass is 436 g/mol. The number of piperidine rings is 1. The standard InChI is InChI=1S/C15H16F3N5O5S/c16-15(17,18)23-14(12(19-21-23)13(24)20-25)29(26,27)22-8-6-11(7-9-22)28-10-4-2-1-3-5-10/h1-5,11H,6-9H2,(H2,19,20,21,24,25)/p+1. The lowest BCUT2D eigenvalue weighted by molar-refractivity contribution is -0.920. The summed E-state index contributed by atoms with van der Waals surface area (Å²) in [5.74, 6) is -0.898. The smallest absolute Gasteiger partial charge is 0.490 e. The topological polar surface area (TPSA) is 128 Å². The molecule has 0 aliphatic carbocycles. The van der Waals surface area contributed by atoms with Gasteiger partial charge in [0.2, 0.25) is 0 Å². The number of benzene rings is 1. The number of H-pyrrole nitrogens is 1. The Morgan fingerprint density at radius 3 is 2.45 bits per heavy atom. The van der Waals surface area contributed by atoms with Gasteiger partial charge in [0.25, 0.3) is 10.0 Å². The SMILES string of the molecule is O=C(NO)c1n[nH][n+](C(F)(F)F)c1S(=O)(=O)N1CCC(Oc2ccccc2)CC1. The molecule has 1 aromatic carbocycles. The lowest BCUT2D eigenvalue weighted by atomic mass is 10.1. The van der Waals surface area contributed by atoms with Crippen LogP contribution < -0.4 is 14.9 Å². The Hall–Kier alpha value is -2.71. The summed E-state index contributed by atoms with van der Waals surface area (Å²) < 4.78 is 71.3. The number of aromatic amines is 1. The molecule has 1 aromatic heterocycles. The predicted molar refractivity (Wildman–Crippen MR) is 88.2 cm³/mol. The Balaban J connectivity index is 1.83. The van der Waals surface area contributed by atoms with Crippen molar-refractivity contribution in [2.75, 3.05) is 13.1 Å². The van der Waals surface area contributed by atoms with E-state index in [1.54, 1.807) is 24.3 Å². The molecule has 0 atom stereocenters. The Morgan fingerprint density at radius 2 is 1.90 bits per heavy atom. The third kappa shape index (κ3) is 4.33. The zero-order valence-corrected chi connectivity index (χ0v) is 15.6. The van der Waals surface area contributed by atoms with Crippen molar-refractivity contribution < 1.29 is 41.0 Å². The number of nitrogens with zero attached hydrogens (tertiary/aromatic N) is 3. The Kier molecular flexibility index (Phi) is 5.77. The first kappa shape index (κ1) is 21.0. The predicted octanol–water partition coefficient (Wildman–Crippen LogP) is 0.525. The highest BCUT2D eigenvalue weighted by Crippen LogP contribution is 2.25. The van der Waals surface area contributed by atoms with Gasteiger partial charge in [-0.25, -0.2) is 13.9 Å². The van der Waals surface area contributed by atoms with Crippen LogP contribution in [0.15, 0.2) is 35.4 Å². The first-order valence-electron chi connectivity index (χ1n) is 8.38. The van der Waals surface area contributed by atoms with Crippen LogP contribution in [0.25, 0.3) is 0 Å². The minimum Gasteiger partial charge on any atom is -0.490 e. The number of rotatable bonds is 5. The summed E-state index contributed by atoms with van der Waals surface area (Å²) in [6.45, 7) is -0.244. The summed E-state index contributed by atoms with van der Waals surface area (Å²) in [6, 6.07) is 8.83. The molecule has 14 heteroatoms. The molecule has 0 radical (unpaired) electrons. The summed E-state index contributed by atoms with van der Waals surface area (Å²) in [6.07, 6.45) is -5.03. The van der Waals surface area contributed by atoms with Crippen LogP contribution in [0.2, 0.25) is 0 Å². The number of carbonyl (C=O) groups excluding carboxylic acids is 1. The van der Waals surface area contributed by atoms with Gasteiger partial charge < -0.3 is 4.74 Å². The lowest BCUT2D eigenvalue weighted by Gasteiger charge is -2.30. The number of amides is 1. The average molecular weight is 436 g/mol. The third-order valence-corrected chi connectivity index (χ3v) is 6.18. The van der Waals surface area contributed by atoms with Crippen LogP contribution in [0, 0.1) is 0 Å². The van der Waals surface area contributed by atoms with Crippen molar-refractivity contribution in [3.05, 3.63) is 36.0 Å². The maximum Gasteiger partial charge on any atom is 0.586 e. The number of halogens is 3. The molecule has 0 bridgehead atoms. The van der Waals surface area contributed by atoms with Crippen molar-refractivity contribution in [3.63, 3.8) is 0 Å². The fourth-order valence-electron chi connectivity index (χ4n) is 2.91. The van der Waals surface area contributed by atoms with Crippen LogP contribution in [0.4, 0.5) is 13.2 Å². The highest BCUT2D eigenvalue weighted by molar-refractivity contribution is 7.89. The molecule has 1 aliphatic rings. The molecule has 3 N–H and O–H groups in total. The average Bonchev–Trinajstić information content (AvgIpc) is 3.15. The van der Waals surface area contributed by atoms with Crippen LogP contribution in [0.3, 0.4) is 0 Å². The highest BCUT2D eigenvalue weighted by atomic mass is 32.2. The molecular formula is C15H17F3N5O5S+. The number of nitrogens with one attached hydrogen (secondary N) is 2. The summed E-state index contributed by atoms with van der Waals surface area (Å²) >= 11 is 0. The van der Waals surface area contributed by atoms with Gasteiger partial charge in [0.15, 0.2) is 0 Å². The number of hydroxylamine groups is 1. The molecule has 1 aliphatic heterocycles. The highest BCUT2D eigenvalue weighted by Gasteiger charge is 2.51. The second-order valence-corrected chi connectivity index (χ2v) is 8.00. The second-order valence-electron chi connectivity index (χ2n) is 6.14. The fourth-order valence-corrected chi connectivity index (χ4v) is 4.61. The van der Waals surface area contributed by atoms with Gasteiger partial charge in [-0.2, -0.15) is 4.31 Å². The Bertz CT molecular complexity index is 972. The van der Waals surface area contributed by atoms with E-state index in [1.165, 1.54) is 5.21 Å². The van der Waals surface area contributed by atoms with Crippen molar-refractivity contribution in [1.29, 1.82) is 0 Å². The van der Waals surface area contributed by atoms with Gasteiger partial charge in [-0.05, 0) is 34.9 Å². The molecule has 2 heterocycles. The molecule has 0 saturated carbocycles. The Labute approximate surface area is 162 Å². The minimum absolute atomic E-state index is 0.122. The van der Waals surface area contributed by atoms with Gasteiger partial charge >= 0.3 is 22.9 Å². The van der Waals surface area contributed by atoms with Crippen molar-refractivity contribution in [2.24, 2.45) is 0 Å². The van der Waals surface area contributed by atoms with Crippen LogP contribution in [-0.2, 0) is 16.3 Å². The van der Waals surface area contributed by atoms with Gasteiger partial charge in [-0.1, -0.05) is 18.2 Å². The Morgan fingerprint density at radius 1 is 1.28 bits per heavy atom. The van der Waals surface area contributed by atoms with E-state index in [2.05, 4.69) is 5.10 Å². The van der Waals surface area contributed by atoms with E-state index in [9.17, 15) is 26.4 Å². The maximum absolute atomic E-state index is 13.2. The van der Waals surface area contributed by atoms with Crippen molar-refractivity contribution in [2.45, 2.75) is 30.3 Å². The third-order valence-electron chi connectivity index (χ3n) is 4.27. The van der Waals surface area contributed by atoms with Crippen LogP contribution >= 0.6 is 0 Å².